The van der Waals surface area contributed by atoms with Crippen molar-refractivity contribution in [3.63, 3.8) is 0 Å². The Kier molecular flexibility index (Phi) is 7.96. The molecule has 0 spiro atoms. The molecule has 2 aliphatic heterocycles. The van der Waals surface area contributed by atoms with Crippen LogP contribution in [0.15, 0.2) is 41.8 Å². The minimum atomic E-state index is -1.90. The third kappa shape index (κ3) is 5.27. The van der Waals surface area contributed by atoms with E-state index in [4.69, 9.17) is 14.5 Å². The molecule has 3 fully saturated rings. The second-order valence-corrected chi connectivity index (χ2v) is 12.8. The molecule has 3 aliphatic rings. The number of nitrogens with zero attached hydrogens (tertiary/aromatic N) is 3. The van der Waals surface area contributed by atoms with Crippen LogP contribution in [0.3, 0.4) is 0 Å². The smallest absolute Gasteiger partial charge is 0.344 e. The molecule has 0 radical (unpaired) electrons. The number of thiazole rings is 1. The molecule has 3 heterocycles. The first-order chi connectivity index (χ1) is 20.3. The fourth-order valence-electron chi connectivity index (χ4n) is 6.79. The van der Waals surface area contributed by atoms with Gasteiger partial charge in [-0.2, -0.15) is 0 Å². The quantitative estimate of drug-likeness (QED) is 0.298. The van der Waals surface area contributed by atoms with Crippen molar-refractivity contribution in [1.82, 2.24) is 9.88 Å². The molecule has 0 N–H and O–H groups in total. The van der Waals surface area contributed by atoms with Crippen molar-refractivity contribution in [1.29, 1.82) is 0 Å². The molecular weight excluding hydrogens is 553 g/mol. The summed E-state index contributed by atoms with van der Waals surface area (Å²) in [6, 6.07) is 11.9. The van der Waals surface area contributed by atoms with Gasteiger partial charge >= 0.3 is 5.97 Å². The number of benzene rings is 2. The van der Waals surface area contributed by atoms with Gasteiger partial charge in [-0.3, -0.25) is 4.79 Å². The molecule has 2 atom stereocenters. The first-order valence-corrected chi connectivity index (χ1v) is 15.8. The zero-order valence-electron chi connectivity index (χ0n) is 24.5. The molecule has 1 saturated carbocycles. The molecule has 2 bridgehead atoms. The summed E-state index contributed by atoms with van der Waals surface area (Å²) in [6.07, 6.45) is 4.69. The minimum absolute atomic E-state index is 0.106. The van der Waals surface area contributed by atoms with Gasteiger partial charge in [0.2, 0.25) is 5.67 Å². The maximum Gasteiger partial charge on any atom is 0.344 e. The van der Waals surface area contributed by atoms with E-state index in [1.54, 1.807) is 0 Å². The van der Waals surface area contributed by atoms with Gasteiger partial charge in [-0.25, -0.2) is 14.2 Å². The van der Waals surface area contributed by atoms with Crippen molar-refractivity contribution >= 4 is 28.3 Å². The van der Waals surface area contributed by atoms with E-state index in [1.807, 2.05) is 54.5 Å². The van der Waals surface area contributed by atoms with Gasteiger partial charge in [0, 0.05) is 54.5 Å². The number of amides is 1. The topological polar surface area (TPSA) is 72.0 Å². The van der Waals surface area contributed by atoms with Gasteiger partial charge < -0.3 is 19.3 Å². The van der Waals surface area contributed by atoms with Crippen LogP contribution in [-0.4, -0.2) is 60.7 Å². The Morgan fingerprint density at radius 1 is 1.05 bits per heavy atom. The van der Waals surface area contributed by atoms with Crippen LogP contribution in [0.2, 0.25) is 0 Å². The number of rotatable bonds is 7. The van der Waals surface area contributed by atoms with E-state index >= 15 is 4.39 Å². The Morgan fingerprint density at radius 2 is 1.79 bits per heavy atom. The van der Waals surface area contributed by atoms with Crippen LogP contribution in [0, 0.1) is 25.7 Å². The predicted molar refractivity (Wildman–Crippen MR) is 162 cm³/mol. The summed E-state index contributed by atoms with van der Waals surface area (Å²) >= 11 is 1.53. The average molecular weight is 592 g/mol. The molecule has 9 heteroatoms. The molecule has 2 aromatic carbocycles. The third-order valence-corrected chi connectivity index (χ3v) is 10.1. The number of carbonyl (C=O) groups is 2. The van der Waals surface area contributed by atoms with Crippen molar-refractivity contribution in [2.45, 2.75) is 58.2 Å². The number of hydrogen-bond acceptors (Lipinski definition) is 7. The summed E-state index contributed by atoms with van der Waals surface area (Å²) in [4.78, 5) is 34.3. The van der Waals surface area contributed by atoms with Crippen LogP contribution >= 0.6 is 11.3 Å². The molecule has 2 unspecified atom stereocenters. The molecule has 7 nitrogen and oxygen atoms in total. The Labute approximate surface area is 250 Å². The van der Waals surface area contributed by atoms with Crippen molar-refractivity contribution in [2.75, 3.05) is 38.2 Å². The molecule has 1 aliphatic carbocycles. The van der Waals surface area contributed by atoms with Crippen LogP contribution in [0.5, 0.6) is 5.75 Å². The minimum Gasteiger partial charge on any atom is -0.488 e. The third-order valence-electron chi connectivity index (χ3n) is 9.22. The summed E-state index contributed by atoms with van der Waals surface area (Å²) in [5.41, 5.74) is 3.69. The average Bonchev–Trinajstić information content (AvgIpc) is 3.54. The number of anilines is 1. The zero-order chi connectivity index (χ0) is 29.4. The fraction of sp³-hybridized carbons (Fsp3) is 0.485. The number of alkyl halides is 1. The van der Waals surface area contributed by atoms with Crippen LogP contribution in [0.25, 0.3) is 11.3 Å². The number of esters is 1. The molecule has 6 rings (SSSR count). The Morgan fingerprint density at radius 3 is 2.48 bits per heavy atom. The Hall–Kier alpha value is -3.46. The SMILES string of the molecule is COC(=O)C1(F)C2CCC1CN(c1nc(-c3cc(C)ccc3OCc3ccc(C(=O)N4CCCCC4)cc3C)cs1)C2. The van der Waals surface area contributed by atoms with E-state index in [1.165, 1.54) is 24.9 Å². The zero-order valence-corrected chi connectivity index (χ0v) is 25.3. The van der Waals surface area contributed by atoms with E-state index in [-0.39, 0.29) is 5.91 Å². The highest BCUT2D eigenvalue weighted by molar-refractivity contribution is 7.14. The number of likely N-dealkylation sites (tertiary alicyclic amines) is 1. The van der Waals surface area contributed by atoms with Crippen molar-refractivity contribution in [3.05, 3.63) is 64.0 Å². The number of carbonyl (C=O) groups excluding carboxylic acids is 2. The molecule has 42 heavy (non-hydrogen) atoms. The summed E-state index contributed by atoms with van der Waals surface area (Å²) in [6.45, 7) is 6.99. The number of aryl methyl sites for hydroxylation is 2. The number of aromatic nitrogens is 1. The maximum absolute atomic E-state index is 15.7. The van der Waals surface area contributed by atoms with Gasteiger partial charge in [-0.15, -0.1) is 11.3 Å². The lowest BCUT2D eigenvalue weighted by Gasteiger charge is -2.40. The number of fused-ring (bicyclic) bond motifs is 2. The van der Waals surface area contributed by atoms with E-state index < -0.39 is 23.5 Å². The van der Waals surface area contributed by atoms with Gasteiger partial charge in [-0.1, -0.05) is 17.7 Å². The molecular formula is C33H38FN3O4S. The fourth-order valence-corrected chi connectivity index (χ4v) is 7.63. The largest absolute Gasteiger partial charge is 0.488 e. The lowest BCUT2D eigenvalue weighted by atomic mass is 9.82. The second kappa shape index (κ2) is 11.7. The molecule has 3 aromatic rings. The van der Waals surface area contributed by atoms with E-state index in [9.17, 15) is 9.59 Å². The maximum atomic E-state index is 15.7. The van der Waals surface area contributed by atoms with Gasteiger partial charge in [0.15, 0.2) is 5.13 Å². The summed E-state index contributed by atoms with van der Waals surface area (Å²) < 4.78 is 26.9. The highest BCUT2D eigenvalue weighted by Gasteiger charge is 2.61. The van der Waals surface area contributed by atoms with Gasteiger partial charge in [-0.05, 0) is 81.3 Å². The Balaban J connectivity index is 1.16. The second-order valence-electron chi connectivity index (χ2n) is 11.9. The number of piperidine rings is 2. The van der Waals surface area contributed by atoms with Crippen LogP contribution < -0.4 is 9.64 Å². The summed E-state index contributed by atoms with van der Waals surface area (Å²) in [5.74, 6) is -0.681. The van der Waals surface area contributed by atoms with Gasteiger partial charge in [0.1, 0.15) is 12.4 Å². The first kappa shape index (κ1) is 28.6. The predicted octanol–water partition coefficient (Wildman–Crippen LogP) is 6.36. The summed E-state index contributed by atoms with van der Waals surface area (Å²) in [7, 11) is 1.26. The van der Waals surface area contributed by atoms with E-state index in [0.29, 0.717) is 32.5 Å². The van der Waals surface area contributed by atoms with Gasteiger partial charge in [0.05, 0.1) is 12.8 Å². The lowest BCUT2D eigenvalue weighted by molar-refractivity contribution is -0.161. The monoisotopic (exact) mass is 591 g/mol. The van der Waals surface area contributed by atoms with Gasteiger partial charge in [0.25, 0.3) is 5.91 Å². The number of ether oxygens (including phenoxy) is 2. The normalized spacial score (nSPS) is 23.6. The van der Waals surface area contributed by atoms with Crippen molar-refractivity contribution < 1.29 is 23.5 Å². The number of halogens is 1. The van der Waals surface area contributed by atoms with E-state index in [0.717, 1.165) is 70.3 Å². The molecule has 1 amide bonds. The molecule has 2 saturated heterocycles. The highest BCUT2D eigenvalue weighted by Crippen LogP contribution is 2.50. The molecule has 1 aromatic heterocycles. The number of methoxy groups -OCH3 is 1. The summed E-state index contributed by atoms with van der Waals surface area (Å²) in [5, 5.41) is 2.84. The van der Waals surface area contributed by atoms with Crippen LogP contribution in [0.4, 0.5) is 9.52 Å². The Bertz CT molecular complexity index is 1470. The number of hydrogen-bond donors (Lipinski definition) is 0. The lowest BCUT2D eigenvalue weighted by Crippen LogP contribution is -2.56. The van der Waals surface area contributed by atoms with E-state index in [2.05, 4.69) is 11.0 Å². The van der Waals surface area contributed by atoms with Crippen molar-refractivity contribution in [3.8, 4) is 17.0 Å². The van der Waals surface area contributed by atoms with Crippen LogP contribution in [-0.2, 0) is 16.1 Å². The van der Waals surface area contributed by atoms with Crippen LogP contribution in [0.1, 0.15) is 59.2 Å². The molecule has 222 valence electrons. The first-order valence-electron chi connectivity index (χ1n) is 14.9. The van der Waals surface area contributed by atoms with Crippen molar-refractivity contribution in [2.24, 2.45) is 11.8 Å². The standard InChI is InChI=1S/C33H38FN3O4S/c1-21-7-12-29(41-19-24-9-8-23(16-22(24)2)30(38)36-13-5-4-6-14-36)27(15-21)28-20-42-32(35-28)37-17-25-10-11-26(18-37)33(25,34)31(39)40-3/h7-9,12,15-16,20,25-26H,4-6,10-11,13-14,17-19H2,1-3H3. The highest BCUT2D eigenvalue weighted by atomic mass is 32.1.